The summed E-state index contributed by atoms with van der Waals surface area (Å²) in [4.78, 5) is 4.40. The minimum atomic E-state index is 0.0457. The minimum absolute atomic E-state index is 0.0457. The second-order valence-electron chi connectivity index (χ2n) is 4.12. The second-order valence-corrected chi connectivity index (χ2v) is 4.12. The molecule has 1 aromatic rings. The molecule has 90 valence electrons. The van der Waals surface area contributed by atoms with Crippen molar-refractivity contribution in [3.63, 3.8) is 0 Å². The smallest absolute Gasteiger partial charge is 0.128 e. The number of anilines is 2. The van der Waals surface area contributed by atoms with Gasteiger partial charge in [0.25, 0.3) is 0 Å². The van der Waals surface area contributed by atoms with Crippen LogP contribution >= 0.6 is 0 Å². The van der Waals surface area contributed by atoms with Crippen LogP contribution in [0, 0.1) is 5.92 Å². The van der Waals surface area contributed by atoms with Gasteiger partial charge in [-0.05, 0) is 25.0 Å². The highest BCUT2D eigenvalue weighted by molar-refractivity contribution is 5.45. The molecular formula is C12H21N3O. The first kappa shape index (κ1) is 12.8. The molecule has 1 rings (SSSR count). The van der Waals surface area contributed by atoms with Crippen LogP contribution in [0.3, 0.4) is 0 Å². The van der Waals surface area contributed by atoms with E-state index in [4.69, 9.17) is 0 Å². The van der Waals surface area contributed by atoms with E-state index < -0.39 is 0 Å². The molecule has 3 N–H and O–H groups in total. The van der Waals surface area contributed by atoms with Gasteiger partial charge >= 0.3 is 0 Å². The van der Waals surface area contributed by atoms with Gasteiger partial charge in [-0.3, -0.25) is 0 Å². The third-order valence-electron chi connectivity index (χ3n) is 2.44. The first-order chi connectivity index (χ1) is 7.67. The topological polar surface area (TPSA) is 57.2 Å². The first-order valence-electron chi connectivity index (χ1n) is 5.75. The number of nitrogens with one attached hydrogen (secondary N) is 2. The molecule has 0 radical (unpaired) electrons. The molecule has 1 heterocycles. The van der Waals surface area contributed by atoms with Crippen molar-refractivity contribution in [2.24, 2.45) is 5.92 Å². The molecule has 0 fully saturated rings. The number of aliphatic hydroxyl groups excluding tert-OH is 1. The number of aromatic nitrogens is 1. The van der Waals surface area contributed by atoms with Crippen LogP contribution < -0.4 is 10.6 Å². The lowest BCUT2D eigenvalue weighted by Gasteiger charge is -2.20. The number of pyridine rings is 1. The Bertz CT molecular complexity index is 315. The number of hydrogen-bond acceptors (Lipinski definition) is 4. The summed E-state index contributed by atoms with van der Waals surface area (Å²) in [6, 6.07) is 5.83. The van der Waals surface area contributed by atoms with E-state index in [1.54, 1.807) is 0 Å². The van der Waals surface area contributed by atoms with Gasteiger partial charge in [-0.15, -0.1) is 0 Å². The van der Waals surface area contributed by atoms with E-state index in [2.05, 4.69) is 29.5 Å². The zero-order valence-corrected chi connectivity index (χ0v) is 10.2. The van der Waals surface area contributed by atoms with E-state index in [0.29, 0.717) is 5.92 Å². The molecule has 0 aliphatic carbocycles. The van der Waals surface area contributed by atoms with Crippen molar-refractivity contribution in [2.45, 2.75) is 26.8 Å². The van der Waals surface area contributed by atoms with Crippen LogP contribution in [0.1, 0.15) is 20.8 Å². The number of hydrogen-bond donors (Lipinski definition) is 3. The molecule has 0 bridgehead atoms. The van der Waals surface area contributed by atoms with E-state index in [-0.39, 0.29) is 12.6 Å². The molecule has 0 aromatic carbocycles. The van der Waals surface area contributed by atoms with Gasteiger partial charge in [0.05, 0.1) is 12.6 Å². The van der Waals surface area contributed by atoms with E-state index in [0.717, 1.165) is 18.2 Å². The zero-order chi connectivity index (χ0) is 12.0. The molecule has 0 aliphatic heterocycles. The first-order valence-corrected chi connectivity index (χ1v) is 5.75. The fraction of sp³-hybridized carbons (Fsp3) is 0.583. The minimum Gasteiger partial charge on any atom is -0.394 e. The fourth-order valence-corrected chi connectivity index (χ4v) is 1.41. The summed E-state index contributed by atoms with van der Waals surface area (Å²) in [6.45, 7) is 7.14. The van der Waals surface area contributed by atoms with Gasteiger partial charge in [-0.25, -0.2) is 4.98 Å². The molecule has 0 amide bonds. The summed E-state index contributed by atoms with van der Waals surface area (Å²) in [7, 11) is 0. The monoisotopic (exact) mass is 223 g/mol. The quantitative estimate of drug-likeness (QED) is 0.690. The maximum atomic E-state index is 9.22. The Labute approximate surface area is 97.1 Å². The lowest BCUT2D eigenvalue weighted by atomic mass is 10.1. The summed E-state index contributed by atoms with van der Waals surface area (Å²) in [5.41, 5.74) is 0. The van der Waals surface area contributed by atoms with E-state index in [1.807, 2.05) is 25.1 Å². The Kier molecular flexibility index (Phi) is 5.05. The van der Waals surface area contributed by atoms with Gasteiger partial charge in [0, 0.05) is 6.54 Å². The van der Waals surface area contributed by atoms with Crippen LogP contribution in [-0.2, 0) is 0 Å². The normalized spacial score (nSPS) is 12.6. The Hall–Kier alpha value is -1.29. The summed E-state index contributed by atoms with van der Waals surface area (Å²) in [6.07, 6.45) is 0. The van der Waals surface area contributed by atoms with Crippen LogP contribution in [0.25, 0.3) is 0 Å². The average Bonchev–Trinajstić information content (AvgIpc) is 2.26. The molecule has 0 aliphatic rings. The Morgan fingerprint density at radius 1 is 1.31 bits per heavy atom. The lowest BCUT2D eigenvalue weighted by Crippen LogP contribution is -2.29. The molecule has 16 heavy (non-hydrogen) atoms. The Morgan fingerprint density at radius 3 is 2.56 bits per heavy atom. The maximum absolute atomic E-state index is 9.22. The van der Waals surface area contributed by atoms with Crippen molar-refractivity contribution >= 4 is 11.6 Å². The third-order valence-corrected chi connectivity index (χ3v) is 2.44. The van der Waals surface area contributed by atoms with Gasteiger partial charge in [-0.1, -0.05) is 19.9 Å². The van der Waals surface area contributed by atoms with Crippen molar-refractivity contribution in [3.05, 3.63) is 18.2 Å². The lowest BCUT2D eigenvalue weighted by molar-refractivity contribution is 0.249. The predicted molar refractivity (Wildman–Crippen MR) is 67.7 cm³/mol. The Balaban J connectivity index is 2.68. The Morgan fingerprint density at radius 2 is 2.00 bits per heavy atom. The van der Waals surface area contributed by atoms with Crippen LogP contribution in [0.4, 0.5) is 11.6 Å². The maximum Gasteiger partial charge on any atom is 0.128 e. The molecular weight excluding hydrogens is 202 g/mol. The van der Waals surface area contributed by atoms with Crippen molar-refractivity contribution in [1.29, 1.82) is 0 Å². The van der Waals surface area contributed by atoms with E-state index in [1.165, 1.54) is 0 Å². The van der Waals surface area contributed by atoms with E-state index >= 15 is 0 Å². The van der Waals surface area contributed by atoms with Crippen molar-refractivity contribution in [1.82, 2.24) is 4.98 Å². The van der Waals surface area contributed by atoms with Crippen molar-refractivity contribution in [3.8, 4) is 0 Å². The number of nitrogens with zero attached hydrogens (tertiary/aromatic N) is 1. The summed E-state index contributed by atoms with van der Waals surface area (Å²) in [5.74, 6) is 2.02. The number of rotatable bonds is 6. The van der Waals surface area contributed by atoms with Crippen LogP contribution in [0.15, 0.2) is 18.2 Å². The molecule has 0 saturated heterocycles. The summed E-state index contributed by atoms with van der Waals surface area (Å²) < 4.78 is 0. The second kappa shape index (κ2) is 6.33. The van der Waals surface area contributed by atoms with Crippen LogP contribution in [0.2, 0.25) is 0 Å². The molecule has 4 heteroatoms. The highest BCUT2D eigenvalue weighted by Crippen LogP contribution is 2.12. The molecule has 1 atom stereocenters. The zero-order valence-electron chi connectivity index (χ0n) is 10.2. The molecule has 4 nitrogen and oxygen atoms in total. The number of aliphatic hydroxyl groups is 1. The summed E-state index contributed by atoms with van der Waals surface area (Å²) in [5, 5.41) is 15.6. The van der Waals surface area contributed by atoms with Gasteiger partial charge in [0.2, 0.25) is 0 Å². The van der Waals surface area contributed by atoms with Crippen LogP contribution in [0.5, 0.6) is 0 Å². The molecule has 0 saturated carbocycles. The predicted octanol–water partition coefficient (Wildman–Crippen LogP) is 1.94. The molecule has 0 unspecified atom stereocenters. The standard InChI is InChI=1S/C12H21N3O/c1-4-13-11-6-5-7-12(15-11)14-10(8-16)9(2)3/h5-7,9-10,16H,4,8H2,1-3H3,(H2,13,14,15)/t10-/m1/s1. The third kappa shape index (κ3) is 3.70. The van der Waals surface area contributed by atoms with Gasteiger partial charge in [-0.2, -0.15) is 0 Å². The van der Waals surface area contributed by atoms with Crippen molar-refractivity contribution < 1.29 is 5.11 Å². The fourth-order valence-electron chi connectivity index (χ4n) is 1.41. The van der Waals surface area contributed by atoms with Gasteiger partial charge in [0.1, 0.15) is 11.6 Å². The largest absolute Gasteiger partial charge is 0.394 e. The van der Waals surface area contributed by atoms with Gasteiger partial charge < -0.3 is 15.7 Å². The average molecular weight is 223 g/mol. The van der Waals surface area contributed by atoms with Gasteiger partial charge in [0.15, 0.2) is 0 Å². The molecule has 0 spiro atoms. The van der Waals surface area contributed by atoms with E-state index in [9.17, 15) is 5.11 Å². The highest BCUT2D eigenvalue weighted by Gasteiger charge is 2.12. The van der Waals surface area contributed by atoms with Crippen molar-refractivity contribution in [2.75, 3.05) is 23.8 Å². The molecule has 1 aromatic heterocycles. The van der Waals surface area contributed by atoms with Crippen LogP contribution in [-0.4, -0.2) is 29.3 Å². The highest BCUT2D eigenvalue weighted by atomic mass is 16.3. The summed E-state index contributed by atoms with van der Waals surface area (Å²) >= 11 is 0. The SMILES string of the molecule is CCNc1cccc(N[C@H](CO)C(C)C)n1.